The Morgan fingerprint density at radius 1 is 1.03 bits per heavy atom. The lowest BCUT2D eigenvalue weighted by molar-refractivity contribution is 0.00567. The first-order valence-corrected chi connectivity index (χ1v) is 9.67. The predicted molar refractivity (Wildman–Crippen MR) is 107 cm³/mol. The molecule has 0 aliphatic carbocycles. The van der Waals surface area contributed by atoms with Crippen molar-refractivity contribution >= 4 is 17.4 Å². The van der Waals surface area contributed by atoms with Crippen molar-refractivity contribution in [1.29, 1.82) is 0 Å². The van der Waals surface area contributed by atoms with Crippen molar-refractivity contribution in [2.24, 2.45) is 0 Å². The van der Waals surface area contributed by atoms with Crippen LogP contribution >= 0.6 is 0 Å². The molecule has 2 aromatic heterocycles. The Kier molecular flexibility index (Phi) is 4.34. The lowest BCUT2D eigenvalue weighted by atomic mass is 9.86. The second-order valence-electron chi connectivity index (χ2n) is 7.40. The summed E-state index contributed by atoms with van der Waals surface area (Å²) < 4.78 is 17.8. The Morgan fingerprint density at radius 3 is 2.37 bits per heavy atom. The van der Waals surface area contributed by atoms with Crippen LogP contribution in [0.4, 0.5) is 5.82 Å². The molecule has 6 rings (SSSR count). The van der Waals surface area contributed by atoms with Crippen LogP contribution in [0.2, 0.25) is 0 Å². The molecule has 2 bridgehead atoms. The Balaban J connectivity index is 1.36. The maximum absolute atomic E-state index is 13.3. The largest absolute Gasteiger partial charge is 0.493 e. The number of carbonyl (C=O) groups excluding carboxylic acids is 1. The van der Waals surface area contributed by atoms with E-state index >= 15 is 0 Å². The molecule has 3 aromatic rings. The molecule has 0 spiro atoms. The predicted octanol–water partition coefficient (Wildman–Crippen LogP) is 1.25. The number of piperidine rings is 1. The van der Waals surface area contributed by atoms with Crippen LogP contribution in [0.15, 0.2) is 30.6 Å². The molecule has 0 N–H and O–H groups in total. The fourth-order valence-corrected chi connectivity index (χ4v) is 4.37. The first-order chi connectivity index (χ1) is 14.6. The van der Waals surface area contributed by atoms with E-state index in [-0.39, 0.29) is 18.0 Å². The summed E-state index contributed by atoms with van der Waals surface area (Å²) in [4.78, 5) is 17.4. The highest BCUT2D eigenvalue weighted by molar-refractivity contribution is 5.97. The highest BCUT2D eigenvalue weighted by Gasteiger charge is 2.48. The van der Waals surface area contributed by atoms with Crippen molar-refractivity contribution in [3.63, 3.8) is 0 Å². The van der Waals surface area contributed by atoms with E-state index in [2.05, 4.69) is 20.2 Å². The highest BCUT2D eigenvalue weighted by atomic mass is 16.5. The Morgan fingerprint density at radius 2 is 1.73 bits per heavy atom. The van der Waals surface area contributed by atoms with Crippen LogP contribution in [-0.2, 0) is 0 Å². The molecule has 30 heavy (non-hydrogen) atoms. The molecule has 156 valence electrons. The van der Waals surface area contributed by atoms with Gasteiger partial charge in [0.1, 0.15) is 12.1 Å². The van der Waals surface area contributed by atoms with Crippen molar-refractivity contribution in [3.8, 4) is 17.2 Å². The average molecular weight is 410 g/mol. The third kappa shape index (κ3) is 2.78. The topological polar surface area (TPSA) is 94.3 Å². The minimum Gasteiger partial charge on any atom is -0.493 e. The molecule has 5 heterocycles. The monoisotopic (exact) mass is 410 g/mol. The van der Waals surface area contributed by atoms with Gasteiger partial charge in [-0.2, -0.15) is 4.52 Å². The summed E-state index contributed by atoms with van der Waals surface area (Å²) in [6.45, 7) is 1.46. The van der Waals surface area contributed by atoms with Gasteiger partial charge in [-0.15, -0.1) is 15.3 Å². The molecule has 0 saturated carbocycles. The summed E-state index contributed by atoms with van der Waals surface area (Å²) in [5.41, 5.74) is 1.23. The van der Waals surface area contributed by atoms with Gasteiger partial charge >= 0.3 is 0 Å². The highest BCUT2D eigenvalue weighted by Crippen LogP contribution is 2.40. The van der Waals surface area contributed by atoms with Crippen LogP contribution in [0.25, 0.3) is 5.65 Å². The second-order valence-corrected chi connectivity index (χ2v) is 7.40. The van der Waals surface area contributed by atoms with Gasteiger partial charge in [-0.25, -0.2) is 0 Å². The Bertz CT molecular complexity index is 1080. The average Bonchev–Trinajstić information content (AvgIpc) is 3.25. The van der Waals surface area contributed by atoms with Crippen LogP contribution in [0, 0.1) is 0 Å². The van der Waals surface area contributed by atoms with Gasteiger partial charge in [-0.1, -0.05) is 0 Å². The van der Waals surface area contributed by atoms with Gasteiger partial charge in [0, 0.05) is 18.7 Å². The van der Waals surface area contributed by atoms with Gasteiger partial charge in [-0.3, -0.25) is 4.79 Å². The number of fused-ring (bicyclic) bond motifs is 3. The number of carbonyl (C=O) groups is 1. The number of ether oxygens (including phenoxy) is 3. The molecule has 10 nitrogen and oxygen atoms in total. The summed E-state index contributed by atoms with van der Waals surface area (Å²) in [5, 5.41) is 12.4. The van der Waals surface area contributed by atoms with E-state index in [1.54, 1.807) is 44.3 Å². The second kappa shape index (κ2) is 7.05. The lowest BCUT2D eigenvalue weighted by Crippen LogP contribution is -2.70. The van der Waals surface area contributed by atoms with Gasteiger partial charge in [0.15, 0.2) is 17.1 Å². The van der Waals surface area contributed by atoms with Crippen LogP contribution < -0.4 is 19.1 Å². The van der Waals surface area contributed by atoms with Crippen molar-refractivity contribution in [3.05, 3.63) is 36.2 Å². The zero-order chi connectivity index (χ0) is 20.8. The summed E-state index contributed by atoms with van der Waals surface area (Å²) in [6.07, 6.45) is 2.57. The smallest absolute Gasteiger partial charge is 0.254 e. The molecular weight excluding hydrogens is 388 g/mol. The molecule has 3 fully saturated rings. The first-order valence-electron chi connectivity index (χ1n) is 9.67. The van der Waals surface area contributed by atoms with Gasteiger partial charge in [-0.05, 0) is 30.7 Å². The van der Waals surface area contributed by atoms with Crippen molar-refractivity contribution in [2.75, 3.05) is 39.3 Å². The molecule has 0 radical (unpaired) electrons. The zero-order valence-corrected chi connectivity index (χ0v) is 17.0. The molecule has 3 aliphatic rings. The number of hydrogen-bond acceptors (Lipinski definition) is 8. The first kappa shape index (κ1) is 18.5. The molecule has 2 atom stereocenters. The number of amides is 1. The summed E-state index contributed by atoms with van der Waals surface area (Å²) in [5.74, 6) is 2.24. The molecular formula is C20H22N6O4. The number of aromatic nitrogens is 4. The fourth-order valence-electron chi connectivity index (χ4n) is 4.37. The number of rotatable bonds is 5. The Labute approximate surface area is 172 Å². The quantitative estimate of drug-likeness (QED) is 0.620. The number of anilines is 1. The molecule has 3 aliphatic heterocycles. The third-order valence-electron chi connectivity index (χ3n) is 5.81. The number of piperazine rings is 1. The third-order valence-corrected chi connectivity index (χ3v) is 5.81. The van der Waals surface area contributed by atoms with Crippen molar-refractivity contribution in [1.82, 2.24) is 24.7 Å². The molecule has 10 heteroatoms. The number of benzene rings is 1. The minimum absolute atomic E-state index is 0.0302. The lowest BCUT2D eigenvalue weighted by Gasteiger charge is -2.56. The van der Waals surface area contributed by atoms with Gasteiger partial charge in [0.25, 0.3) is 5.91 Å². The zero-order valence-electron chi connectivity index (χ0n) is 17.0. The van der Waals surface area contributed by atoms with Crippen molar-refractivity contribution in [2.45, 2.75) is 18.5 Å². The summed E-state index contributed by atoms with van der Waals surface area (Å²) >= 11 is 0. The van der Waals surface area contributed by atoms with Crippen LogP contribution in [0.3, 0.4) is 0 Å². The molecule has 1 aromatic carbocycles. The van der Waals surface area contributed by atoms with Gasteiger partial charge in [0.05, 0.1) is 33.4 Å². The van der Waals surface area contributed by atoms with E-state index in [0.717, 1.165) is 25.3 Å². The molecule has 1 amide bonds. The van der Waals surface area contributed by atoms with Crippen LogP contribution in [0.5, 0.6) is 17.2 Å². The normalized spacial score (nSPS) is 20.1. The maximum Gasteiger partial charge on any atom is 0.254 e. The molecule has 3 saturated heterocycles. The number of nitrogens with zero attached hydrogens (tertiary/aromatic N) is 6. The minimum atomic E-state index is -0.0302. The number of methoxy groups -OCH3 is 3. The van der Waals surface area contributed by atoms with Gasteiger partial charge < -0.3 is 24.0 Å². The SMILES string of the molecule is COc1cc(C(=O)N2C3CC2CN(c2ccc4nncn4n2)C3)cc(OC)c1OC. The molecule has 2 unspecified atom stereocenters. The summed E-state index contributed by atoms with van der Waals surface area (Å²) in [6, 6.07) is 7.52. The fraction of sp³-hybridized carbons (Fsp3) is 0.400. The van der Waals surface area contributed by atoms with E-state index in [4.69, 9.17) is 14.2 Å². The van der Waals surface area contributed by atoms with Crippen LogP contribution in [-0.4, -0.2) is 77.1 Å². The van der Waals surface area contributed by atoms with E-state index in [1.165, 1.54) is 0 Å². The maximum atomic E-state index is 13.3. The van der Waals surface area contributed by atoms with Gasteiger partial charge in [0.2, 0.25) is 5.75 Å². The standard InChI is InChI=1S/C20H22N6O4/c1-28-15-6-12(7-16(29-2)19(15)30-3)20(27)26-13-8-14(26)10-24(9-13)18-5-4-17-22-21-11-25(17)23-18/h4-7,11,13-14H,8-10H2,1-3H3. The van der Waals surface area contributed by atoms with Crippen molar-refractivity contribution < 1.29 is 19.0 Å². The van der Waals surface area contributed by atoms with E-state index in [1.807, 2.05) is 17.0 Å². The number of hydrogen-bond donors (Lipinski definition) is 0. The van der Waals surface area contributed by atoms with Crippen LogP contribution in [0.1, 0.15) is 16.8 Å². The summed E-state index contributed by atoms with van der Waals surface area (Å²) in [7, 11) is 4.63. The van der Waals surface area contributed by atoms with E-state index in [0.29, 0.717) is 28.5 Å². The van der Waals surface area contributed by atoms with E-state index < -0.39 is 0 Å². The Hall–Kier alpha value is -3.56. The van der Waals surface area contributed by atoms with E-state index in [9.17, 15) is 4.79 Å².